The molecule has 1 atom stereocenters. The summed E-state index contributed by atoms with van der Waals surface area (Å²) in [5.41, 5.74) is 3.75. The van der Waals surface area contributed by atoms with Crippen LogP contribution in [0.1, 0.15) is 29.5 Å². The van der Waals surface area contributed by atoms with Crippen molar-refractivity contribution in [3.05, 3.63) is 65.5 Å². The zero-order chi connectivity index (χ0) is 17.2. The Hall–Kier alpha value is -2.66. The van der Waals surface area contributed by atoms with Gasteiger partial charge in [0.15, 0.2) is 0 Å². The van der Waals surface area contributed by atoms with Crippen molar-refractivity contribution in [1.29, 1.82) is 0 Å². The number of nitrogens with zero attached hydrogens (tertiary/aromatic N) is 3. The van der Waals surface area contributed by atoms with E-state index in [1.54, 1.807) is 7.11 Å². The van der Waals surface area contributed by atoms with E-state index in [1.165, 1.54) is 11.1 Å². The first-order valence-corrected chi connectivity index (χ1v) is 8.49. The topological polar surface area (TPSA) is 51.4 Å². The second-order valence-electron chi connectivity index (χ2n) is 6.41. The maximum Gasteiger partial charge on any atom is 0.241 e. The summed E-state index contributed by atoms with van der Waals surface area (Å²) in [6, 6.07) is 16.7. The largest absolute Gasteiger partial charge is 0.497 e. The maximum absolute atomic E-state index is 5.47. The average molecular weight is 335 g/mol. The van der Waals surface area contributed by atoms with Gasteiger partial charge in [-0.15, -0.1) is 0 Å². The third-order valence-electron chi connectivity index (χ3n) is 4.81. The van der Waals surface area contributed by atoms with E-state index in [1.807, 2.05) is 24.3 Å². The highest BCUT2D eigenvalue weighted by molar-refractivity contribution is 5.56. The molecule has 0 radical (unpaired) electrons. The van der Waals surface area contributed by atoms with Gasteiger partial charge in [0, 0.05) is 11.6 Å². The molecule has 0 amide bonds. The summed E-state index contributed by atoms with van der Waals surface area (Å²) in [5.74, 6) is 2.00. The normalized spacial score (nSPS) is 16.2. The Balaban J connectivity index is 1.50. The van der Waals surface area contributed by atoms with Crippen LogP contribution in [-0.2, 0) is 13.0 Å². The minimum absolute atomic E-state index is 0.406. The van der Waals surface area contributed by atoms with Crippen LogP contribution in [0.2, 0.25) is 0 Å². The fourth-order valence-corrected chi connectivity index (χ4v) is 3.51. The molecule has 1 aliphatic rings. The first-order valence-electron chi connectivity index (χ1n) is 8.49. The van der Waals surface area contributed by atoms with Crippen molar-refractivity contribution in [2.45, 2.75) is 25.4 Å². The van der Waals surface area contributed by atoms with Crippen LogP contribution in [-0.4, -0.2) is 29.2 Å². The molecule has 128 valence electrons. The molecule has 5 heteroatoms. The highest BCUT2D eigenvalue weighted by Crippen LogP contribution is 2.35. The van der Waals surface area contributed by atoms with Gasteiger partial charge in [-0.3, -0.25) is 4.90 Å². The van der Waals surface area contributed by atoms with Gasteiger partial charge >= 0.3 is 0 Å². The van der Waals surface area contributed by atoms with Crippen molar-refractivity contribution in [2.75, 3.05) is 14.2 Å². The standard InChI is InChI=1S/C20H21N3O2/c1-23(18-11-10-14-6-3-4-9-17(14)18)13-19-21-20(22-25-19)15-7-5-8-16(12-15)24-2/h3-9,12,18H,10-11,13H2,1-2H3. The van der Waals surface area contributed by atoms with Crippen LogP contribution in [0.5, 0.6) is 5.75 Å². The Morgan fingerprint density at radius 1 is 1.20 bits per heavy atom. The van der Waals surface area contributed by atoms with Crippen molar-refractivity contribution in [1.82, 2.24) is 15.0 Å². The van der Waals surface area contributed by atoms with Crippen LogP contribution in [0.25, 0.3) is 11.4 Å². The predicted molar refractivity (Wildman–Crippen MR) is 95.3 cm³/mol. The molecule has 1 aliphatic carbocycles. The third kappa shape index (κ3) is 3.15. The molecule has 5 nitrogen and oxygen atoms in total. The van der Waals surface area contributed by atoms with Crippen LogP contribution in [0.15, 0.2) is 53.1 Å². The zero-order valence-electron chi connectivity index (χ0n) is 14.5. The van der Waals surface area contributed by atoms with Crippen molar-refractivity contribution in [3.8, 4) is 17.1 Å². The SMILES string of the molecule is COc1cccc(-c2noc(CN(C)C3CCc4ccccc43)n2)c1. The second-order valence-corrected chi connectivity index (χ2v) is 6.41. The van der Waals surface area contributed by atoms with Gasteiger partial charge in [0.05, 0.1) is 13.7 Å². The number of hydrogen-bond acceptors (Lipinski definition) is 5. The van der Waals surface area contributed by atoms with Crippen molar-refractivity contribution in [2.24, 2.45) is 0 Å². The Morgan fingerprint density at radius 2 is 2.08 bits per heavy atom. The molecule has 0 bridgehead atoms. The maximum atomic E-state index is 5.47. The van der Waals surface area contributed by atoms with E-state index in [9.17, 15) is 0 Å². The molecular weight excluding hydrogens is 314 g/mol. The number of aryl methyl sites for hydroxylation is 1. The Morgan fingerprint density at radius 3 is 2.96 bits per heavy atom. The molecule has 25 heavy (non-hydrogen) atoms. The van der Waals surface area contributed by atoms with E-state index < -0.39 is 0 Å². The number of ether oxygens (including phenoxy) is 1. The van der Waals surface area contributed by atoms with E-state index in [2.05, 4.69) is 46.4 Å². The van der Waals surface area contributed by atoms with Crippen LogP contribution < -0.4 is 4.74 Å². The Labute approximate surface area is 147 Å². The quantitative estimate of drug-likeness (QED) is 0.708. The molecule has 0 saturated carbocycles. The van der Waals surface area contributed by atoms with Gasteiger partial charge in [-0.05, 0) is 43.1 Å². The van der Waals surface area contributed by atoms with E-state index in [4.69, 9.17) is 9.26 Å². The van der Waals surface area contributed by atoms with Gasteiger partial charge in [0.25, 0.3) is 0 Å². The molecular formula is C20H21N3O2. The molecule has 0 saturated heterocycles. The van der Waals surface area contributed by atoms with Gasteiger partial charge in [-0.25, -0.2) is 0 Å². The molecule has 0 fully saturated rings. The van der Waals surface area contributed by atoms with Crippen molar-refractivity contribution in [3.63, 3.8) is 0 Å². The van der Waals surface area contributed by atoms with Gasteiger partial charge in [-0.1, -0.05) is 41.6 Å². The monoisotopic (exact) mass is 335 g/mol. The lowest BCUT2D eigenvalue weighted by Crippen LogP contribution is -2.22. The number of methoxy groups -OCH3 is 1. The minimum Gasteiger partial charge on any atom is -0.497 e. The highest BCUT2D eigenvalue weighted by atomic mass is 16.5. The summed E-state index contributed by atoms with van der Waals surface area (Å²) >= 11 is 0. The molecule has 3 aromatic rings. The summed E-state index contributed by atoms with van der Waals surface area (Å²) in [6.07, 6.45) is 2.26. The third-order valence-corrected chi connectivity index (χ3v) is 4.81. The predicted octanol–water partition coefficient (Wildman–Crippen LogP) is 3.86. The molecule has 1 aromatic heterocycles. The summed E-state index contributed by atoms with van der Waals surface area (Å²) in [5, 5.41) is 4.12. The fraction of sp³-hybridized carbons (Fsp3) is 0.300. The van der Waals surface area contributed by atoms with E-state index in [-0.39, 0.29) is 0 Å². The number of rotatable bonds is 5. The molecule has 2 aromatic carbocycles. The van der Waals surface area contributed by atoms with Gasteiger partial charge < -0.3 is 9.26 Å². The van der Waals surface area contributed by atoms with Crippen molar-refractivity contribution < 1.29 is 9.26 Å². The van der Waals surface area contributed by atoms with Crippen LogP contribution in [0.4, 0.5) is 0 Å². The van der Waals surface area contributed by atoms with Crippen LogP contribution >= 0.6 is 0 Å². The van der Waals surface area contributed by atoms with Gasteiger partial charge in [0.2, 0.25) is 11.7 Å². The van der Waals surface area contributed by atoms with E-state index >= 15 is 0 Å². The molecule has 1 unspecified atom stereocenters. The summed E-state index contributed by atoms with van der Waals surface area (Å²) in [4.78, 5) is 6.83. The first kappa shape index (κ1) is 15.8. The lowest BCUT2D eigenvalue weighted by Gasteiger charge is -2.23. The highest BCUT2D eigenvalue weighted by Gasteiger charge is 2.26. The summed E-state index contributed by atoms with van der Waals surface area (Å²) in [6.45, 7) is 0.635. The molecule has 0 N–H and O–H groups in total. The smallest absolute Gasteiger partial charge is 0.241 e. The fourth-order valence-electron chi connectivity index (χ4n) is 3.51. The minimum atomic E-state index is 0.406. The zero-order valence-corrected chi connectivity index (χ0v) is 14.5. The Bertz CT molecular complexity index is 875. The van der Waals surface area contributed by atoms with Crippen molar-refractivity contribution >= 4 is 0 Å². The number of aromatic nitrogens is 2. The number of benzene rings is 2. The van der Waals surface area contributed by atoms with E-state index in [0.717, 1.165) is 24.2 Å². The van der Waals surface area contributed by atoms with Crippen LogP contribution in [0, 0.1) is 0 Å². The lowest BCUT2D eigenvalue weighted by atomic mass is 10.1. The average Bonchev–Trinajstić information content (AvgIpc) is 3.28. The number of fused-ring (bicyclic) bond motifs is 1. The van der Waals surface area contributed by atoms with E-state index in [0.29, 0.717) is 24.3 Å². The second kappa shape index (κ2) is 6.69. The molecule has 4 rings (SSSR count). The van der Waals surface area contributed by atoms with Gasteiger partial charge in [0.1, 0.15) is 5.75 Å². The first-order chi connectivity index (χ1) is 12.2. The Kier molecular flexibility index (Phi) is 4.24. The summed E-state index contributed by atoms with van der Waals surface area (Å²) < 4.78 is 10.7. The van der Waals surface area contributed by atoms with Crippen LogP contribution in [0.3, 0.4) is 0 Å². The molecule has 1 heterocycles. The molecule has 0 aliphatic heterocycles. The molecule has 0 spiro atoms. The summed E-state index contributed by atoms with van der Waals surface area (Å²) in [7, 11) is 3.76. The lowest BCUT2D eigenvalue weighted by molar-refractivity contribution is 0.204. The van der Waals surface area contributed by atoms with Gasteiger partial charge in [-0.2, -0.15) is 4.98 Å². The number of hydrogen-bond donors (Lipinski definition) is 0.